The van der Waals surface area contributed by atoms with E-state index in [1.165, 1.54) is 39.5 Å². The SMILES string of the molecule is C=CC(=O)c1ccc2c(c1OCOc1cccc3c1Cc1ccccc1-3)Cc1ccccc1-2. The molecule has 160 valence electrons. The lowest BCUT2D eigenvalue weighted by atomic mass is 10.00. The van der Waals surface area contributed by atoms with Crippen LogP contribution < -0.4 is 9.47 Å². The number of ketones is 1. The van der Waals surface area contributed by atoms with E-state index in [0.29, 0.717) is 11.3 Å². The maximum atomic E-state index is 12.6. The summed E-state index contributed by atoms with van der Waals surface area (Å²) in [6, 6.07) is 26.7. The van der Waals surface area contributed by atoms with Crippen LogP contribution in [0.25, 0.3) is 22.3 Å². The van der Waals surface area contributed by atoms with Gasteiger partial charge in [-0.25, -0.2) is 0 Å². The molecule has 33 heavy (non-hydrogen) atoms. The molecule has 0 amide bonds. The maximum absolute atomic E-state index is 12.6. The van der Waals surface area contributed by atoms with Crippen LogP contribution in [0.3, 0.4) is 0 Å². The first-order valence-electron chi connectivity index (χ1n) is 11.1. The highest BCUT2D eigenvalue weighted by Gasteiger charge is 2.26. The zero-order valence-electron chi connectivity index (χ0n) is 18.1. The lowest BCUT2D eigenvalue weighted by Crippen LogP contribution is -2.11. The summed E-state index contributed by atoms with van der Waals surface area (Å²) in [5.74, 6) is 1.25. The van der Waals surface area contributed by atoms with Crippen LogP contribution in [0.15, 0.2) is 91.5 Å². The third kappa shape index (κ3) is 3.16. The van der Waals surface area contributed by atoms with Crippen LogP contribution in [0.1, 0.15) is 32.6 Å². The molecule has 2 aliphatic carbocycles. The van der Waals surface area contributed by atoms with Crippen molar-refractivity contribution in [2.75, 3.05) is 6.79 Å². The Morgan fingerprint density at radius 2 is 1.36 bits per heavy atom. The summed E-state index contributed by atoms with van der Waals surface area (Å²) in [7, 11) is 0. The molecule has 6 rings (SSSR count). The lowest BCUT2D eigenvalue weighted by Gasteiger charge is -2.16. The van der Waals surface area contributed by atoms with Gasteiger partial charge in [-0.1, -0.05) is 73.3 Å². The van der Waals surface area contributed by atoms with E-state index in [2.05, 4.69) is 49.0 Å². The van der Waals surface area contributed by atoms with E-state index in [1.807, 2.05) is 36.4 Å². The lowest BCUT2D eigenvalue weighted by molar-refractivity contribution is 0.101. The van der Waals surface area contributed by atoms with Crippen molar-refractivity contribution in [2.45, 2.75) is 12.8 Å². The van der Waals surface area contributed by atoms with Crippen LogP contribution in [0.5, 0.6) is 11.5 Å². The van der Waals surface area contributed by atoms with Crippen molar-refractivity contribution >= 4 is 5.78 Å². The minimum Gasteiger partial charge on any atom is -0.457 e. The van der Waals surface area contributed by atoms with Crippen molar-refractivity contribution in [3.8, 4) is 33.8 Å². The molecule has 0 N–H and O–H groups in total. The van der Waals surface area contributed by atoms with Gasteiger partial charge in [0.2, 0.25) is 6.79 Å². The molecule has 2 aliphatic rings. The summed E-state index contributed by atoms with van der Waals surface area (Å²) in [5, 5.41) is 0. The Labute approximate surface area is 192 Å². The van der Waals surface area contributed by atoms with Gasteiger partial charge in [0.1, 0.15) is 11.5 Å². The second-order valence-electron chi connectivity index (χ2n) is 8.39. The fourth-order valence-corrected chi connectivity index (χ4v) is 5.07. The maximum Gasteiger partial charge on any atom is 0.230 e. The molecule has 4 aromatic carbocycles. The molecule has 0 aromatic heterocycles. The van der Waals surface area contributed by atoms with Crippen molar-refractivity contribution in [3.63, 3.8) is 0 Å². The Hall–Kier alpha value is -4.11. The zero-order valence-corrected chi connectivity index (χ0v) is 18.1. The predicted molar refractivity (Wildman–Crippen MR) is 130 cm³/mol. The monoisotopic (exact) mass is 430 g/mol. The van der Waals surface area contributed by atoms with Crippen molar-refractivity contribution in [3.05, 3.63) is 119 Å². The molecule has 0 fully saturated rings. The molecular weight excluding hydrogens is 408 g/mol. The van der Waals surface area contributed by atoms with Gasteiger partial charge in [-0.3, -0.25) is 4.79 Å². The van der Waals surface area contributed by atoms with Gasteiger partial charge in [-0.05, 0) is 51.6 Å². The molecule has 0 unspecified atom stereocenters. The number of allylic oxidation sites excluding steroid dienone is 1. The van der Waals surface area contributed by atoms with Gasteiger partial charge in [0.25, 0.3) is 0 Å². The normalized spacial score (nSPS) is 12.4. The number of rotatable bonds is 6. The highest BCUT2D eigenvalue weighted by molar-refractivity contribution is 6.07. The van der Waals surface area contributed by atoms with Gasteiger partial charge in [0.05, 0.1) is 5.56 Å². The van der Waals surface area contributed by atoms with E-state index in [1.54, 1.807) is 0 Å². The molecule has 0 aliphatic heterocycles. The first-order valence-corrected chi connectivity index (χ1v) is 11.1. The summed E-state index contributed by atoms with van der Waals surface area (Å²) < 4.78 is 12.3. The first-order chi connectivity index (χ1) is 16.2. The quantitative estimate of drug-likeness (QED) is 0.169. The first kappa shape index (κ1) is 19.6. The molecule has 0 radical (unpaired) electrons. The zero-order chi connectivity index (χ0) is 22.4. The largest absolute Gasteiger partial charge is 0.457 e. The topological polar surface area (TPSA) is 35.5 Å². The van der Waals surface area contributed by atoms with E-state index < -0.39 is 0 Å². The number of fused-ring (bicyclic) bond motifs is 6. The van der Waals surface area contributed by atoms with Crippen LogP contribution in [-0.2, 0) is 12.8 Å². The summed E-state index contributed by atoms with van der Waals surface area (Å²) in [6.07, 6.45) is 2.91. The van der Waals surface area contributed by atoms with Crippen molar-refractivity contribution in [1.82, 2.24) is 0 Å². The van der Waals surface area contributed by atoms with Crippen LogP contribution >= 0.6 is 0 Å². The Morgan fingerprint density at radius 1 is 0.727 bits per heavy atom. The second-order valence-corrected chi connectivity index (χ2v) is 8.39. The van der Waals surface area contributed by atoms with E-state index in [9.17, 15) is 4.79 Å². The third-order valence-corrected chi connectivity index (χ3v) is 6.61. The molecule has 0 atom stereocenters. The highest BCUT2D eigenvalue weighted by Crippen LogP contribution is 2.44. The van der Waals surface area contributed by atoms with Crippen molar-refractivity contribution < 1.29 is 14.3 Å². The molecule has 3 heteroatoms. The fraction of sp³-hybridized carbons (Fsp3) is 0.100. The van der Waals surface area contributed by atoms with Crippen LogP contribution in [0.2, 0.25) is 0 Å². The minimum absolute atomic E-state index is 0.0248. The minimum atomic E-state index is -0.153. The van der Waals surface area contributed by atoms with Gasteiger partial charge in [0.15, 0.2) is 5.78 Å². The molecule has 0 saturated heterocycles. The average molecular weight is 431 g/mol. The number of hydrogen-bond donors (Lipinski definition) is 0. The van der Waals surface area contributed by atoms with E-state index >= 15 is 0 Å². The molecular formula is C30H22O3. The van der Waals surface area contributed by atoms with Crippen molar-refractivity contribution in [1.29, 1.82) is 0 Å². The number of carbonyl (C=O) groups excluding carboxylic acids is 1. The van der Waals surface area contributed by atoms with Crippen LogP contribution in [0, 0.1) is 0 Å². The Kier molecular flexibility index (Phi) is 4.62. The van der Waals surface area contributed by atoms with Gasteiger partial charge in [-0.2, -0.15) is 0 Å². The van der Waals surface area contributed by atoms with Crippen molar-refractivity contribution in [2.24, 2.45) is 0 Å². The van der Waals surface area contributed by atoms with E-state index in [4.69, 9.17) is 9.47 Å². The van der Waals surface area contributed by atoms with Crippen LogP contribution in [0.4, 0.5) is 0 Å². The van der Waals surface area contributed by atoms with Gasteiger partial charge < -0.3 is 9.47 Å². The third-order valence-electron chi connectivity index (χ3n) is 6.61. The van der Waals surface area contributed by atoms with E-state index in [-0.39, 0.29) is 12.6 Å². The summed E-state index contributed by atoms with van der Waals surface area (Å²) >= 11 is 0. The van der Waals surface area contributed by atoms with E-state index in [0.717, 1.165) is 29.7 Å². The Morgan fingerprint density at radius 3 is 2.09 bits per heavy atom. The Balaban J connectivity index is 1.30. The predicted octanol–water partition coefficient (Wildman–Crippen LogP) is 6.61. The summed E-state index contributed by atoms with van der Waals surface area (Å²) in [4.78, 5) is 12.6. The Bertz CT molecular complexity index is 1430. The fourth-order valence-electron chi connectivity index (χ4n) is 5.07. The summed E-state index contributed by atoms with van der Waals surface area (Å²) in [5.41, 5.74) is 10.0. The molecule has 3 nitrogen and oxygen atoms in total. The number of ether oxygens (including phenoxy) is 2. The molecule has 0 heterocycles. The highest BCUT2D eigenvalue weighted by atomic mass is 16.7. The smallest absolute Gasteiger partial charge is 0.230 e. The van der Waals surface area contributed by atoms with Gasteiger partial charge in [-0.15, -0.1) is 0 Å². The molecule has 0 saturated carbocycles. The van der Waals surface area contributed by atoms with Gasteiger partial charge >= 0.3 is 0 Å². The average Bonchev–Trinajstić information content (AvgIpc) is 3.43. The van der Waals surface area contributed by atoms with Crippen LogP contribution in [-0.4, -0.2) is 12.6 Å². The standard InChI is InChI=1S/C30H22O3/c1-2-28(31)25-15-14-24-22-11-6-4-9-20(22)17-27(24)30(25)33-18-32-29-13-7-12-23-21-10-5-3-8-19(21)16-26(23)29/h2-15H,1,16-18H2. The number of benzene rings is 4. The molecule has 0 bridgehead atoms. The molecule has 4 aromatic rings. The number of carbonyl (C=O) groups is 1. The second kappa shape index (κ2) is 7.79. The molecule has 0 spiro atoms. The van der Waals surface area contributed by atoms with Gasteiger partial charge in [0, 0.05) is 24.0 Å². The number of hydrogen-bond acceptors (Lipinski definition) is 3. The summed E-state index contributed by atoms with van der Waals surface area (Å²) in [6.45, 7) is 3.69.